The minimum absolute atomic E-state index is 0.201. The third-order valence-corrected chi connectivity index (χ3v) is 5.69. The van der Waals surface area contributed by atoms with Gasteiger partial charge in [-0.2, -0.15) is 5.10 Å². The zero-order valence-corrected chi connectivity index (χ0v) is 14.4. The molecule has 0 aliphatic carbocycles. The first kappa shape index (κ1) is 16.0. The van der Waals surface area contributed by atoms with Crippen molar-refractivity contribution < 1.29 is 8.42 Å². The van der Waals surface area contributed by atoms with Gasteiger partial charge in [0.25, 0.3) is 0 Å². The van der Waals surface area contributed by atoms with Crippen LogP contribution in [0.5, 0.6) is 0 Å². The lowest BCUT2D eigenvalue weighted by atomic mass is 10.2. The highest BCUT2D eigenvalue weighted by Crippen LogP contribution is 2.20. The summed E-state index contributed by atoms with van der Waals surface area (Å²) in [6, 6.07) is 7.76. The molecule has 0 saturated heterocycles. The van der Waals surface area contributed by atoms with Crippen LogP contribution in [0.4, 0.5) is 0 Å². The van der Waals surface area contributed by atoms with E-state index >= 15 is 0 Å². The van der Waals surface area contributed by atoms with Crippen molar-refractivity contribution in [1.29, 1.82) is 0 Å². The molecule has 1 aromatic carbocycles. The maximum Gasteiger partial charge on any atom is 0.245 e. The molecule has 0 radical (unpaired) electrons. The Morgan fingerprint density at radius 2 is 2.00 bits per heavy atom. The van der Waals surface area contributed by atoms with Crippen LogP contribution in [0.3, 0.4) is 0 Å². The molecule has 8 heteroatoms. The molecule has 0 bridgehead atoms. The Labute approximate surface area is 139 Å². The van der Waals surface area contributed by atoms with Crippen molar-refractivity contribution in [2.45, 2.75) is 18.0 Å². The summed E-state index contributed by atoms with van der Waals surface area (Å²) in [7, 11) is -0.432. The third kappa shape index (κ3) is 3.12. The van der Waals surface area contributed by atoms with Gasteiger partial charge in [0.15, 0.2) is 0 Å². The van der Waals surface area contributed by atoms with Gasteiger partial charge in [-0.05, 0) is 24.3 Å². The lowest BCUT2D eigenvalue weighted by molar-refractivity contribution is 0.519. The van der Waals surface area contributed by atoms with Gasteiger partial charge in [0.05, 0.1) is 12.7 Å². The second kappa shape index (κ2) is 5.99. The number of aromatic nitrogens is 3. The van der Waals surface area contributed by atoms with Crippen LogP contribution in [-0.2, 0) is 23.1 Å². The molecule has 122 valence electrons. The Morgan fingerprint density at radius 3 is 2.74 bits per heavy atom. The molecule has 3 aromatic rings. The van der Waals surface area contributed by atoms with Crippen LogP contribution in [0.2, 0.25) is 5.02 Å². The molecule has 3 rings (SSSR count). The summed E-state index contributed by atoms with van der Waals surface area (Å²) in [5.41, 5.74) is 1.09. The SMILES string of the molecule is CN(C)S(=O)(=O)c1cnn(CCn2ccc3cc(Cl)ccc32)c1. The molecule has 0 fully saturated rings. The molecule has 0 saturated carbocycles. The highest BCUT2D eigenvalue weighted by Gasteiger charge is 2.19. The monoisotopic (exact) mass is 352 g/mol. The Balaban J connectivity index is 1.77. The van der Waals surface area contributed by atoms with Gasteiger partial charge in [0, 0.05) is 49.0 Å². The highest BCUT2D eigenvalue weighted by atomic mass is 35.5. The molecule has 0 unspecified atom stereocenters. The Morgan fingerprint density at radius 1 is 1.22 bits per heavy atom. The standard InChI is InChI=1S/C15H17ClN4O2S/c1-18(2)23(21,22)14-10-17-20(11-14)8-7-19-6-5-12-9-13(16)3-4-15(12)19/h3-6,9-11H,7-8H2,1-2H3. The van der Waals surface area contributed by atoms with Crippen molar-refractivity contribution in [2.24, 2.45) is 0 Å². The first-order chi connectivity index (χ1) is 10.9. The molecule has 0 aliphatic rings. The molecule has 6 nitrogen and oxygen atoms in total. The highest BCUT2D eigenvalue weighted by molar-refractivity contribution is 7.89. The van der Waals surface area contributed by atoms with E-state index in [4.69, 9.17) is 11.6 Å². The van der Waals surface area contributed by atoms with Gasteiger partial charge >= 0.3 is 0 Å². The lowest BCUT2D eigenvalue weighted by Crippen LogP contribution is -2.21. The largest absolute Gasteiger partial charge is 0.346 e. The molecule has 0 spiro atoms. The predicted octanol–water partition coefficient (Wildman–Crippen LogP) is 2.44. The number of halogens is 1. The molecule has 0 amide bonds. The smallest absolute Gasteiger partial charge is 0.245 e. The van der Waals surface area contributed by atoms with Crippen LogP contribution in [0.25, 0.3) is 10.9 Å². The average Bonchev–Trinajstić information content (AvgIpc) is 3.11. The number of nitrogens with zero attached hydrogens (tertiary/aromatic N) is 4. The van der Waals surface area contributed by atoms with E-state index < -0.39 is 10.0 Å². The quantitative estimate of drug-likeness (QED) is 0.708. The van der Waals surface area contributed by atoms with Crippen LogP contribution >= 0.6 is 11.6 Å². The third-order valence-electron chi connectivity index (χ3n) is 3.69. The molecule has 0 aliphatic heterocycles. The minimum atomic E-state index is -3.44. The summed E-state index contributed by atoms with van der Waals surface area (Å²) in [6.07, 6.45) is 4.92. The summed E-state index contributed by atoms with van der Waals surface area (Å²) in [5.74, 6) is 0. The summed E-state index contributed by atoms with van der Waals surface area (Å²) in [4.78, 5) is 0.201. The fourth-order valence-electron chi connectivity index (χ4n) is 2.39. The second-order valence-electron chi connectivity index (χ2n) is 5.44. The van der Waals surface area contributed by atoms with Gasteiger partial charge < -0.3 is 4.57 Å². The van der Waals surface area contributed by atoms with Gasteiger partial charge in [0.2, 0.25) is 10.0 Å². The fourth-order valence-corrected chi connectivity index (χ4v) is 3.42. The van der Waals surface area contributed by atoms with E-state index in [1.54, 1.807) is 10.9 Å². The van der Waals surface area contributed by atoms with Crippen molar-refractivity contribution in [3.05, 3.63) is 47.9 Å². The Hall–Kier alpha value is -1.83. The van der Waals surface area contributed by atoms with E-state index in [0.717, 1.165) is 10.9 Å². The number of hydrogen-bond donors (Lipinski definition) is 0. The maximum absolute atomic E-state index is 12.0. The van der Waals surface area contributed by atoms with Crippen molar-refractivity contribution in [1.82, 2.24) is 18.7 Å². The Bertz CT molecular complexity index is 943. The number of benzene rings is 1. The van der Waals surface area contributed by atoms with E-state index in [1.807, 2.05) is 30.5 Å². The molecule has 2 heterocycles. The number of rotatable bonds is 5. The van der Waals surface area contributed by atoms with Crippen molar-refractivity contribution in [3.63, 3.8) is 0 Å². The molecule has 0 atom stereocenters. The molecular weight excluding hydrogens is 336 g/mol. The van der Waals surface area contributed by atoms with E-state index in [2.05, 4.69) is 9.67 Å². The molecular formula is C15H17ClN4O2S. The van der Waals surface area contributed by atoms with Crippen molar-refractivity contribution in [2.75, 3.05) is 14.1 Å². The molecule has 0 N–H and O–H groups in total. The van der Waals surface area contributed by atoms with E-state index in [-0.39, 0.29) is 4.90 Å². The predicted molar refractivity (Wildman–Crippen MR) is 90.0 cm³/mol. The zero-order valence-electron chi connectivity index (χ0n) is 12.8. The van der Waals surface area contributed by atoms with Gasteiger partial charge in [-0.25, -0.2) is 12.7 Å². The van der Waals surface area contributed by atoms with E-state index in [0.29, 0.717) is 18.1 Å². The Kier molecular flexibility index (Phi) is 4.18. The average molecular weight is 353 g/mol. The minimum Gasteiger partial charge on any atom is -0.346 e. The summed E-state index contributed by atoms with van der Waals surface area (Å²) < 4.78 is 29.0. The summed E-state index contributed by atoms with van der Waals surface area (Å²) >= 11 is 5.99. The van der Waals surface area contributed by atoms with Gasteiger partial charge in [-0.15, -0.1) is 0 Å². The van der Waals surface area contributed by atoms with Crippen LogP contribution in [0.15, 0.2) is 47.8 Å². The first-order valence-corrected chi connectivity index (χ1v) is 8.89. The molecule has 2 aromatic heterocycles. The van der Waals surface area contributed by atoms with Crippen molar-refractivity contribution >= 4 is 32.5 Å². The molecule has 23 heavy (non-hydrogen) atoms. The van der Waals surface area contributed by atoms with Gasteiger partial charge in [0.1, 0.15) is 4.90 Å². The number of sulfonamides is 1. The number of aryl methyl sites for hydroxylation is 2. The number of fused-ring (bicyclic) bond motifs is 1. The van der Waals surface area contributed by atoms with Gasteiger partial charge in [-0.3, -0.25) is 4.68 Å². The van der Waals surface area contributed by atoms with Crippen LogP contribution in [0.1, 0.15) is 0 Å². The lowest BCUT2D eigenvalue weighted by Gasteiger charge is -2.08. The first-order valence-electron chi connectivity index (χ1n) is 7.07. The van der Waals surface area contributed by atoms with Crippen LogP contribution < -0.4 is 0 Å². The van der Waals surface area contributed by atoms with Crippen molar-refractivity contribution in [3.8, 4) is 0 Å². The van der Waals surface area contributed by atoms with E-state index in [9.17, 15) is 8.42 Å². The topological polar surface area (TPSA) is 60.1 Å². The number of hydrogen-bond acceptors (Lipinski definition) is 3. The van der Waals surface area contributed by atoms with Crippen LogP contribution in [0, 0.1) is 0 Å². The second-order valence-corrected chi connectivity index (χ2v) is 8.03. The summed E-state index contributed by atoms with van der Waals surface area (Å²) in [6.45, 7) is 1.27. The maximum atomic E-state index is 12.0. The van der Waals surface area contributed by atoms with E-state index in [1.165, 1.54) is 24.6 Å². The normalized spacial score (nSPS) is 12.3. The van der Waals surface area contributed by atoms with Crippen LogP contribution in [-0.4, -0.2) is 41.2 Å². The zero-order chi connectivity index (χ0) is 16.6. The van der Waals surface area contributed by atoms with Gasteiger partial charge in [-0.1, -0.05) is 11.6 Å². The fraction of sp³-hybridized carbons (Fsp3) is 0.267. The summed E-state index contributed by atoms with van der Waals surface area (Å²) in [5, 5.41) is 5.92.